The second kappa shape index (κ2) is 29.2. The summed E-state index contributed by atoms with van der Waals surface area (Å²) in [5.74, 6) is 0. The Labute approximate surface area is 104 Å². The Balaban J connectivity index is -0.0000000771. The number of carbonyl (C=O) groups is 1. The summed E-state index contributed by atoms with van der Waals surface area (Å²) >= 11 is 2.40. The minimum absolute atomic E-state index is 0.824. The van der Waals surface area contributed by atoms with Crippen molar-refractivity contribution in [2.75, 3.05) is 0 Å². The third-order valence-corrected chi connectivity index (χ3v) is 1.76. The number of carbonyl (C=O) groups excluding carboxylic acids is 5. The molecule has 1 rings (SSSR count). The number of hydrogen-bond acceptors (Lipinski definition) is 5. The predicted octanol–water partition coefficient (Wildman–Crippen LogP) is -0.642. The molecule has 0 bridgehead atoms. The van der Waals surface area contributed by atoms with Crippen molar-refractivity contribution in [1.82, 2.24) is 0 Å². The molecule has 6 heteroatoms. The van der Waals surface area contributed by atoms with Gasteiger partial charge >= 0.3 is 56.9 Å². The fraction of sp³-hybridized carbons (Fsp3) is 0.100. The maximum atomic E-state index is 10.1. The van der Waals surface area contributed by atoms with Gasteiger partial charge in [-0.3, -0.25) is 19.2 Å². The Hall–Kier alpha value is -1.59. The first kappa shape index (κ1) is 23.9. The van der Waals surface area contributed by atoms with E-state index in [9.17, 15) is 4.79 Å². The summed E-state index contributed by atoms with van der Waals surface area (Å²) in [6.07, 6.45) is 5.64. The zero-order chi connectivity index (χ0) is 14.0. The van der Waals surface area contributed by atoms with Crippen LogP contribution in [0.25, 0.3) is 0 Å². The Morgan fingerprint density at radius 3 is 1.50 bits per heavy atom. The average Bonchev–Trinajstić information content (AvgIpc) is 2.84. The van der Waals surface area contributed by atoms with Crippen LogP contribution in [-0.2, 0) is 41.4 Å². The largest absolute Gasteiger partial charge is 0.281 e. The van der Waals surface area contributed by atoms with Gasteiger partial charge in [0.15, 0.2) is 0 Å². The standard InChI is InChI=1S/C6H5O.4CO.V/c7-5-6-3-1-2-4-6;4*1-2;/h1,3,5H,2H2;;;;;. The minimum atomic E-state index is 0.824. The molecule has 1 aliphatic rings. The Bertz CT molecular complexity index is 217. The maximum Gasteiger partial charge on any atom is 0.281 e. The van der Waals surface area contributed by atoms with E-state index in [0.717, 1.165) is 22.6 Å². The quantitative estimate of drug-likeness (QED) is 0.582. The zero-order valence-electron chi connectivity index (χ0n) is 7.93. The topological polar surface area (TPSA) is 85.3 Å². The first-order valence-electron chi connectivity index (χ1n) is 3.20. The van der Waals surface area contributed by atoms with Crippen molar-refractivity contribution >= 4 is 33.4 Å². The van der Waals surface area contributed by atoms with E-state index in [1.807, 2.05) is 12.2 Å². The smallest absolute Gasteiger partial charge is 0.281 e. The van der Waals surface area contributed by atoms with Crippen molar-refractivity contribution in [2.45, 2.75) is 6.42 Å². The normalized spacial score (nSPS) is 9.75. The van der Waals surface area contributed by atoms with Gasteiger partial charge in [-0.2, -0.15) is 0 Å². The van der Waals surface area contributed by atoms with Crippen LogP contribution < -0.4 is 0 Å². The van der Waals surface area contributed by atoms with Gasteiger partial charge in [0.25, 0.3) is 27.2 Å². The van der Waals surface area contributed by atoms with E-state index in [2.05, 4.69) is 44.6 Å². The molecule has 0 atom stereocenters. The zero-order valence-corrected chi connectivity index (χ0v) is 9.32. The first-order chi connectivity index (χ1) is 7.84. The molecule has 5 nitrogen and oxygen atoms in total. The van der Waals surface area contributed by atoms with Crippen LogP contribution >= 0.6 is 0 Å². The predicted molar refractivity (Wildman–Crippen MR) is 49.6 cm³/mol. The van der Waals surface area contributed by atoms with E-state index < -0.39 is 0 Å². The van der Waals surface area contributed by atoms with Crippen molar-refractivity contribution in [2.24, 2.45) is 0 Å². The maximum absolute atomic E-state index is 10.1. The summed E-state index contributed by atoms with van der Waals surface area (Å²) in [5, 5.41) is 0. The van der Waals surface area contributed by atoms with Gasteiger partial charge in [-0.1, -0.05) is 0 Å². The van der Waals surface area contributed by atoms with Gasteiger partial charge in [0, 0.05) is 0 Å². The van der Waals surface area contributed by atoms with Crippen molar-refractivity contribution in [3.63, 3.8) is 0 Å². The van der Waals surface area contributed by atoms with Gasteiger partial charge < -0.3 is 0 Å². The third-order valence-electron chi connectivity index (χ3n) is 1.07. The SMILES string of the molecule is O=CC1=[C]([V])CC=C1.[C]=O.[C]=O.[C]=O.[C]=O. The van der Waals surface area contributed by atoms with E-state index >= 15 is 0 Å². The molecule has 16 heavy (non-hydrogen) atoms. The molecule has 0 aromatic carbocycles. The molecule has 0 unspecified atom stereocenters. The van der Waals surface area contributed by atoms with E-state index in [1.165, 1.54) is 0 Å². The molecular weight excluding hydrogens is 251 g/mol. The molecule has 0 heterocycles. The Morgan fingerprint density at radius 2 is 1.38 bits per heavy atom. The fourth-order valence-electron chi connectivity index (χ4n) is 0.619. The van der Waals surface area contributed by atoms with Crippen LogP contribution in [-0.4, -0.2) is 33.4 Å². The van der Waals surface area contributed by atoms with Crippen LogP contribution in [0.4, 0.5) is 0 Å². The summed E-state index contributed by atoms with van der Waals surface area (Å²) in [7, 11) is 0. The van der Waals surface area contributed by atoms with Crippen LogP contribution in [0.2, 0.25) is 0 Å². The van der Waals surface area contributed by atoms with Gasteiger partial charge in [-0.25, -0.2) is 0 Å². The molecule has 0 amide bonds. The van der Waals surface area contributed by atoms with Crippen molar-refractivity contribution in [1.29, 1.82) is 0 Å². The second-order valence-corrected chi connectivity index (χ2v) is 2.47. The molecule has 0 spiro atoms. The summed E-state index contributed by atoms with van der Waals surface area (Å²) in [6.45, 7) is 18.0. The molecular formula is C10H5O5V. The minimum Gasteiger partial charge on any atom is -0.281 e. The van der Waals surface area contributed by atoms with E-state index in [1.54, 1.807) is 0 Å². The molecule has 0 N–H and O–H groups in total. The number of allylic oxidation sites excluding steroid dienone is 4. The van der Waals surface area contributed by atoms with Crippen LogP contribution in [0.1, 0.15) is 6.42 Å². The van der Waals surface area contributed by atoms with E-state index in [4.69, 9.17) is 19.2 Å². The Kier molecular flexibility index (Phi) is 43.6. The van der Waals surface area contributed by atoms with Gasteiger partial charge in [-0.15, -0.1) is 0 Å². The van der Waals surface area contributed by atoms with Crippen molar-refractivity contribution in [3.05, 3.63) is 22.0 Å². The van der Waals surface area contributed by atoms with E-state index in [-0.39, 0.29) is 0 Å². The summed E-state index contributed by atoms with van der Waals surface area (Å²) in [5.41, 5.74) is 0.824. The van der Waals surface area contributed by atoms with Gasteiger partial charge in [0.2, 0.25) is 0 Å². The van der Waals surface area contributed by atoms with Crippen LogP contribution in [0.15, 0.2) is 22.0 Å². The number of aldehydes is 1. The third kappa shape index (κ3) is 14.9. The molecule has 8 radical (unpaired) electrons. The van der Waals surface area contributed by atoms with Crippen molar-refractivity contribution in [3.8, 4) is 0 Å². The van der Waals surface area contributed by atoms with Crippen LogP contribution in [0, 0.1) is 0 Å². The van der Waals surface area contributed by atoms with Gasteiger partial charge in [-0.05, 0) is 0 Å². The molecule has 0 aliphatic heterocycles. The number of rotatable bonds is 1. The summed E-state index contributed by atoms with van der Waals surface area (Å²) in [4.78, 5) is 40.1. The molecule has 0 saturated carbocycles. The van der Waals surface area contributed by atoms with Crippen LogP contribution in [0.3, 0.4) is 0 Å². The second-order valence-electron chi connectivity index (χ2n) is 1.63. The molecule has 80 valence electrons. The van der Waals surface area contributed by atoms with Crippen molar-refractivity contribution < 1.29 is 41.4 Å². The fourth-order valence-corrected chi connectivity index (χ4v) is 0.982. The van der Waals surface area contributed by atoms with E-state index in [0.29, 0.717) is 0 Å². The first-order valence-corrected chi connectivity index (χ1v) is 3.90. The molecule has 1 aliphatic carbocycles. The summed E-state index contributed by atoms with van der Waals surface area (Å²) < 4.78 is 1.12. The molecule has 0 aromatic rings. The Morgan fingerprint density at radius 1 is 1.00 bits per heavy atom. The van der Waals surface area contributed by atoms with Gasteiger partial charge in [0.05, 0.1) is 0 Å². The molecule has 0 saturated heterocycles. The summed E-state index contributed by atoms with van der Waals surface area (Å²) in [6, 6.07) is 0. The monoisotopic (exact) mass is 256 g/mol. The molecule has 0 aromatic heterocycles. The van der Waals surface area contributed by atoms with Crippen LogP contribution in [0.5, 0.6) is 0 Å². The molecule has 0 fully saturated rings. The average molecular weight is 256 g/mol. The van der Waals surface area contributed by atoms with Gasteiger partial charge in [0.1, 0.15) is 0 Å². The number of hydrogen-bond donors (Lipinski definition) is 0.